The van der Waals surface area contributed by atoms with Crippen molar-refractivity contribution in [1.82, 2.24) is 10.2 Å². The minimum absolute atomic E-state index is 0.315. The topological polar surface area (TPSA) is 70.7 Å². The van der Waals surface area contributed by atoms with E-state index in [0.29, 0.717) is 18.8 Å². The zero-order chi connectivity index (χ0) is 22.1. The normalized spacial score (nSPS) is 22.1. The van der Waals surface area contributed by atoms with Crippen LogP contribution >= 0.6 is 0 Å². The number of amides is 1. The predicted molar refractivity (Wildman–Crippen MR) is 117 cm³/mol. The number of nitrogens with zero attached hydrogens (tertiary/aromatic N) is 1. The molecule has 2 atom stereocenters. The summed E-state index contributed by atoms with van der Waals surface area (Å²) in [6.45, 7) is 0.680. The number of rotatable bonds is 4. The number of cyclic esters (lactones) is 1. The Bertz CT molecular complexity index is 1100. The number of nitrogens with one attached hydrogen (secondary N) is 2. The number of ether oxygens (including phenoxy) is 1. The van der Waals surface area contributed by atoms with Gasteiger partial charge in [-0.15, -0.1) is 0 Å². The Morgan fingerprint density at radius 1 is 0.969 bits per heavy atom. The van der Waals surface area contributed by atoms with Gasteiger partial charge < -0.3 is 15.4 Å². The summed E-state index contributed by atoms with van der Waals surface area (Å²) in [4.78, 5) is 28.3. The average Bonchev–Trinajstić information content (AvgIpc) is 3.14. The first-order valence-electron chi connectivity index (χ1n) is 10.5. The molecule has 2 N–H and O–H groups in total. The number of benzene rings is 3. The maximum Gasteiger partial charge on any atom is 0.327 e. The molecule has 2 saturated heterocycles. The third-order valence-electron chi connectivity index (χ3n) is 5.96. The van der Waals surface area contributed by atoms with Crippen molar-refractivity contribution in [2.75, 3.05) is 18.4 Å². The number of carbonyl (C=O) groups excluding carboxylic acids is 2. The SMILES string of the molecule is O=C(Nc1cccc(F)c1)C1CNCC2C(=O)OC(c3ccccc3)(c3ccccc3)N12. The first-order valence-corrected chi connectivity index (χ1v) is 10.5. The Balaban J connectivity index is 1.61. The Morgan fingerprint density at radius 2 is 1.62 bits per heavy atom. The summed E-state index contributed by atoms with van der Waals surface area (Å²) in [5, 5.41) is 5.97. The van der Waals surface area contributed by atoms with Gasteiger partial charge in [0.1, 0.15) is 17.9 Å². The standard InChI is InChI=1S/C25H22FN3O3/c26-19-12-7-13-20(14-19)28-23(30)21-15-27-16-22-24(31)32-25(29(21)22,17-8-3-1-4-9-17)18-10-5-2-6-11-18/h1-14,21-22,27H,15-16H2,(H,28,30). The summed E-state index contributed by atoms with van der Waals surface area (Å²) in [5.74, 6) is -1.18. The van der Waals surface area contributed by atoms with Crippen LogP contribution in [0.15, 0.2) is 84.9 Å². The Hall–Kier alpha value is -3.55. The molecule has 32 heavy (non-hydrogen) atoms. The zero-order valence-corrected chi connectivity index (χ0v) is 17.2. The van der Waals surface area contributed by atoms with Crippen molar-refractivity contribution in [3.05, 3.63) is 102 Å². The highest BCUT2D eigenvalue weighted by Gasteiger charge is 2.60. The molecule has 162 valence electrons. The largest absolute Gasteiger partial charge is 0.434 e. The summed E-state index contributed by atoms with van der Waals surface area (Å²) in [6, 6.07) is 23.2. The van der Waals surface area contributed by atoms with Crippen LogP contribution in [0.5, 0.6) is 0 Å². The van der Waals surface area contributed by atoms with E-state index >= 15 is 0 Å². The van der Waals surface area contributed by atoms with Crippen LogP contribution in [0.2, 0.25) is 0 Å². The van der Waals surface area contributed by atoms with Crippen LogP contribution in [0.3, 0.4) is 0 Å². The lowest BCUT2D eigenvalue weighted by Crippen LogP contribution is -2.65. The first-order chi connectivity index (χ1) is 15.6. The molecule has 0 radical (unpaired) electrons. The predicted octanol–water partition coefficient (Wildman–Crippen LogP) is 2.86. The lowest BCUT2D eigenvalue weighted by molar-refractivity contribution is -0.152. The molecule has 0 bridgehead atoms. The smallest absolute Gasteiger partial charge is 0.327 e. The second-order valence-corrected chi connectivity index (χ2v) is 7.89. The molecule has 2 unspecified atom stereocenters. The maximum absolute atomic E-state index is 13.7. The highest BCUT2D eigenvalue weighted by molar-refractivity contribution is 5.96. The van der Waals surface area contributed by atoms with Gasteiger partial charge in [-0.2, -0.15) is 0 Å². The number of halogens is 1. The van der Waals surface area contributed by atoms with Gasteiger partial charge in [-0.25, -0.2) is 9.29 Å². The van der Waals surface area contributed by atoms with E-state index in [0.717, 1.165) is 11.1 Å². The van der Waals surface area contributed by atoms with E-state index in [4.69, 9.17) is 4.74 Å². The highest BCUT2D eigenvalue weighted by atomic mass is 19.1. The molecule has 7 heteroatoms. The summed E-state index contributed by atoms with van der Waals surface area (Å²) in [7, 11) is 0. The van der Waals surface area contributed by atoms with Crippen molar-refractivity contribution in [3.8, 4) is 0 Å². The highest BCUT2D eigenvalue weighted by Crippen LogP contribution is 2.45. The van der Waals surface area contributed by atoms with Crippen molar-refractivity contribution in [1.29, 1.82) is 0 Å². The van der Waals surface area contributed by atoms with Gasteiger partial charge in [-0.1, -0.05) is 66.7 Å². The monoisotopic (exact) mass is 431 g/mol. The molecular formula is C25H22FN3O3. The molecule has 0 aromatic heterocycles. The molecule has 5 rings (SSSR count). The van der Waals surface area contributed by atoms with Crippen LogP contribution in [-0.2, 0) is 20.1 Å². The number of esters is 1. The molecule has 0 saturated carbocycles. The number of fused-ring (bicyclic) bond motifs is 1. The number of piperazine rings is 1. The van der Waals surface area contributed by atoms with E-state index in [9.17, 15) is 14.0 Å². The lowest BCUT2D eigenvalue weighted by atomic mass is 9.90. The summed E-state index contributed by atoms with van der Waals surface area (Å²) in [5.41, 5.74) is 0.615. The van der Waals surface area contributed by atoms with Gasteiger partial charge in [0.15, 0.2) is 0 Å². The van der Waals surface area contributed by atoms with Crippen LogP contribution in [0, 0.1) is 5.82 Å². The summed E-state index contributed by atoms with van der Waals surface area (Å²) in [6.07, 6.45) is 0. The summed E-state index contributed by atoms with van der Waals surface area (Å²) < 4.78 is 19.8. The van der Waals surface area contributed by atoms with Crippen molar-refractivity contribution in [3.63, 3.8) is 0 Å². The van der Waals surface area contributed by atoms with E-state index < -0.39 is 29.6 Å². The van der Waals surface area contributed by atoms with Crippen LogP contribution in [-0.4, -0.2) is 41.9 Å². The maximum atomic E-state index is 13.7. The second kappa shape index (κ2) is 8.18. The number of carbonyl (C=O) groups is 2. The number of hydrogen-bond donors (Lipinski definition) is 2. The molecule has 2 aliphatic rings. The van der Waals surface area contributed by atoms with Gasteiger partial charge in [0.25, 0.3) is 0 Å². The molecular weight excluding hydrogens is 409 g/mol. The van der Waals surface area contributed by atoms with Crippen molar-refractivity contribution in [2.45, 2.75) is 17.8 Å². The third kappa shape index (κ3) is 3.36. The molecule has 2 aliphatic heterocycles. The Kier molecular flexibility index (Phi) is 5.20. The van der Waals surface area contributed by atoms with Crippen LogP contribution < -0.4 is 10.6 Å². The molecule has 2 fully saturated rings. The second-order valence-electron chi connectivity index (χ2n) is 7.89. The molecule has 1 amide bonds. The fraction of sp³-hybridized carbons (Fsp3) is 0.200. The quantitative estimate of drug-likeness (QED) is 0.622. The lowest BCUT2D eigenvalue weighted by Gasteiger charge is -2.44. The van der Waals surface area contributed by atoms with Crippen LogP contribution in [0.25, 0.3) is 0 Å². The van der Waals surface area contributed by atoms with Crippen molar-refractivity contribution >= 4 is 17.6 Å². The Labute approximate surface area is 185 Å². The molecule has 0 aliphatic carbocycles. The third-order valence-corrected chi connectivity index (χ3v) is 5.96. The van der Waals surface area contributed by atoms with Crippen molar-refractivity contribution < 1.29 is 18.7 Å². The minimum atomic E-state index is -1.25. The van der Waals surface area contributed by atoms with Crippen molar-refractivity contribution in [2.24, 2.45) is 0 Å². The first kappa shape index (κ1) is 20.4. The van der Waals surface area contributed by atoms with Crippen LogP contribution in [0.4, 0.5) is 10.1 Å². The van der Waals surface area contributed by atoms with Gasteiger partial charge in [0.2, 0.25) is 11.6 Å². The minimum Gasteiger partial charge on any atom is -0.434 e. The fourth-order valence-electron chi connectivity index (χ4n) is 4.59. The number of anilines is 1. The van der Waals surface area contributed by atoms with E-state index in [1.165, 1.54) is 18.2 Å². The van der Waals surface area contributed by atoms with E-state index in [1.54, 1.807) is 6.07 Å². The van der Waals surface area contributed by atoms with Gasteiger partial charge in [0, 0.05) is 29.9 Å². The van der Waals surface area contributed by atoms with Gasteiger partial charge in [0.05, 0.1) is 0 Å². The van der Waals surface area contributed by atoms with E-state index in [-0.39, 0.29) is 5.91 Å². The molecule has 0 spiro atoms. The van der Waals surface area contributed by atoms with Gasteiger partial charge >= 0.3 is 5.97 Å². The van der Waals surface area contributed by atoms with Crippen LogP contribution in [0.1, 0.15) is 11.1 Å². The average molecular weight is 431 g/mol. The van der Waals surface area contributed by atoms with Gasteiger partial charge in [-0.3, -0.25) is 9.59 Å². The Morgan fingerprint density at radius 3 is 2.25 bits per heavy atom. The number of hydrogen-bond acceptors (Lipinski definition) is 5. The summed E-state index contributed by atoms with van der Waals surface area (Å²) >= 11 is 0. The molecule has 3 aromatic rings. The zero-order valence-electron chi connectivity index (χ0n) is 17.2. The van der Waals surface area contributed by atoms with Gasteiger partial charge in [-0.05, 0) is 18.2 Å². The fourth-order valence-corrected chi connectivity index (χ4v) is 4.59. The van der Waals surface area contributed by atoms with E-state index in [2.05, 4.69) is 10.6 Å². The molecule has 2 heterocycles. The molecule has 3 aromatic carbocycles. The van der Waals surface area contributed by atoms with E-state index in [1.807, 2.05) is 65.6 Å². The molecule has 6 nitrogen and oxygen atoms in total.